The Labute approximate surface area is 231 Å². The number of nitrogens with zero attached hydrogens (tertiary/aromatic N) is 4. The Balaban J connectivity index is 1.32. The van der Waals surface area contributed by atoms with E-state index < -0.39 is 0 Å². The number of piperidine rings is 1. The molecule has 200 valence electrons. The molecule has 0 radical (unpaired) electrons. The Hall–Kier alpha value is -2.16. The van der Waals surface area contributed by atoms with Crippen LogP contribution >= 0.6 is 23.8 Å². The molecule has 3 saturated heterocycles. The van der Waals surface area contributed by atoms with Crippen LogP contribution in [0.4, 0.5) is 17.6 Å². The number of benzene rings is 1. The lowest BCUT2D eigenvalue weighted by Gasteiger charge is -2.38. The van der Waals surface area contributed by atoms with Gasteiger partial charge in [0, 0.05) is 62.4 Å². The Bertz CT molecular complexity index is 1050. The summed E-state index contributed by atoms with van der Waals surface area (Å²) < 4.78 is 5.69. The van der Waals surface area contributed by atoms with Gasteiger partial charge < -0.3 is 25.2 Å². The molecule has 7 nitrogen and oxygen atoms in total. The van der Waals surface area contributed by atoms with Crippen molar-refractivity contribution in [3.05, 3.63) is 40.9 Å². The fraction of sp³-hybridized carbons (Fsp3) is 0.607. The van der Waals surface area contributed by atoms with E-state index in [2.05, 4.69) is 38.6 Å². The van der Waals surface area contributed by atoms with Crippen LogP contribution in [0.5, 0.6) is 0 Å². The topological polar surface area (TPSA) is 65.6 Å². The number of ether oxygens (including phenoxy) is 1. The quantitative estimate of drug-likeness (QED) is 0.462. The summed E-state index contributed by atoms with van der Waals surface area (Å²) in [5.41, 5.74) is 1.15. The van der Waals surface area contributed by atoms with Gasteiger partial charge in [0.2, 0.25) is 5.95 Å². The average Bonchev–Trinajstić information content (AvgIpc) is 3.23. The van der Waals surface area contributed by atoms with E-state index in [1.807, 2.05) is 12.1 Å². The highest BCUT2D eigenvalue weighted by Gasteiger charge is 2.35. The molecule has 37 heavy (non-hydrogen) atoms. The van der Waals surface area contributed by atoms with Gasteiger partial charge in [0.15, 0.2) is 5.11 Å². The lowest BCUT2D eigenvalue weighted by atomic mass is 9.74. The van der Waals surface area contributed by atoms with Crippen LogP contribution in [0.15, 0.2) is 30.3 Å². The number of aromatic nitrogens is 2. The molecular formula is C28H39ClN6OS. The van der Waals surface area contributed by atoms with Crippen LogP contribution in [-0.2, 0) is 10.2 Å². The first-order valence-corrected chi connectivity index (χ1v) is 14.7. The number of hydrogen-bond donors (Lipinski definition) is 2. The third kappa shape index (κ3) is 6.84. The predicted molar refractivity (Wildman–Crippen MR) is 156 cm³/mol. The summed E-state index contributed by atoms with van der Waals surface area (Å²) in [5.74, 6) is 2.57. The minimum atomic E-state index is -0.0807. The van der Waals surface area contributed by atoms with Crippen LogP contribution in [0.2, 0.25) is 5.02 Å². The molecule has 2 N–H and O–H groups in total. The molecule has 9 heteroatoms. The fourth-order valence-electron chi connectivity index (χ4n) is 5.77. The maximum Gasteiger partial charge on any atom is 0.232 e. The van der Waals surface area contributed by atoms with Gasteiger partial charge in [-0.1, -0.05) is 36.6 Å². The van der Waals surface area contributed by atoms with Gasteiger partial charge in [-0.05, 0) is 74.9 Å². The largest absolute Gasteiger partial charge is 0.381 e. The molecule has 0 spiro atoms. The van der Waals surface area contributed by atoms with Crippen molar-refractivity contribution in [3.8, 4) is 0 Å². The monoisotopic (exact) mass is 542 g/mol. The predicted octanol–water partition coefficient (Wildman–Crippen LogP) is 5.54. The van der Waals surface area contributed by atoms with E-state index in [1.165, 1.54) is 50.5 Å². The van der Waals surface area contributed by atoms with Crippen molar-refractivity contribution in [2.24, 2.45) is 0 Å². The molecule has 5 rings (SSSR count). The molecule has 0 saturated carbocycles. The minimum absolute atomic E-state index is 0.0807. The second-order valence-corrected chi connectivity index (χ2v) is 11.4. The maximum atomic E-state index is 6.35. The van der Waals surface area contributed by atoms with Crippen LogP contribution in [-0.4, -0.2) is 61.0 Å². The summed E-state index contributed by atoms with van der Waals surface area (Å²) in [5, 5.41) is 8.11. The summed E-state index contributed by atoms with van der Waals surface area (Å²) in [6.45, 7) is 6.34. The van der Waals surface area contributed by atoms with Crippen LogP contribution in [0, 0.1) is 0 Å². The van der Waals surface area contributed by atoms with Gasteiger partial charge in [0.25, 0.3) is 0 Å². The molecular weight excluding hydrogens is 504 g/mol. The highest BCUT2D eigenvalue weighted by molar-refractivity contribution is 7.80. The van der Waals surface area contributed by atoms with Gasteiger partial charge in [0.1, 0.15) is 11.6 Å². The lowest BCUT2D eigenvalue weighted by Crippen LogP contribution is -2.45. The smallest absolute Gasteiger partial charge is 0.232 e. The molecule has 0 unspecified atom stereocenters. The van der Waals surface area contributed by atoms with E-state index in [9.17, 15) is 0 Å². The van der Waals surface area contributed by atoms with Crippen molar-refractivity contribution in [3.63, 3.8) is 0 Å². The number of rotatable bonds is 6. The van der Waals surface area contributed by atoms with E-state index >= 15 is 0 Å². The second-order valence-electron chi connectivity index (χ2n) is 10.6. The molecule has 3 aliphatic heterocycles. The van der Waals surface area contributed by atoms with Crippen molar-refractivity contribution in [1.82, 2.24) is 15.3 Å². The van der Waals surface area contributed by atoms with Gasteiger partial charge in [-0.15, -0.1) is 0 Å². The van der Waals surface area contributed by atoms with Crippen LogP contribution < -0.4 is 20.4 Å². The molecule has 1 aromatic heterocycles. The van der Waals surface area contributed by atoms with Gasteiger partial charge in [0.05, 0.1) is 0 Å². The number of halogens is 1. The highest BCUT2D eigenvalue weighted by atomic mass is 35.5. The summed E-state index contributed by atoms with van der Waals surface area (Å²) >= 11 is 12.1. The lowest BCUT2D eigenvalue weighted by molar-refractivity contribution is 0.0515. The molecule has 0 amide bonds. The third-order valence-electron chi connectivity index (χ3n) is 8.01. The molecule has 3 fully saturated rings. The first kappa shape index (κ1) is 26.4. The van der Waals surface area contributed by atoms with Crippen LogP contribution in [0.1, 0.15) is 63.4 Å². The normalized spacial score (nSPS) is 20.2. The maximum absolute atomic E-state index is 6.35. The van der Waals surface area contributed by atoms with Crippen molar-refractivity contribution < 1.29 is 4.74 Å². The molecule has 2 aromatic rings. The van der Waals surface area contributed by atoms with E-state index in [1.54, 1.807) is 0 Å². The van der Waals surface area contributed by atoms with Crippen LogP contribution in [0.25, 0.3) is 0 Å². The Kier molecular flexibility index (Phi) is 9.00. The summed E-state index contributed by atoms with van der Waals surface area (Å²) in [7, 11) is 0. The standard InChI is InChI=1S/C28H39ClN6OS/c29-23-10-8-9-22(19-23)28(11-17-36-18-12-28)21-30-27(37)33-26-31-24(34-13-4-1-2-5-14-34)20-25(32-26)35-15-6-3-7-16-35/h8-10,19-20H,1-7,11-18,21H2,(H2,30,31,32,33,37). The number of nitrogens with one attached hydrogen (secondary N) is 2. The van der Waals surface area contributed by atoms with Crippen molar-refractivity contribution in [1.29, 1.82) is 0 Å². The van der Waals surface area contributed by atoms with Gasteiger partial charge >= 0.3 is 0 Å². The molecule has 1 aromatic carbocycles. The zero-order chi connectivity index (χ0) is 25.5. The highest BCUT2D eigenvalue weighted by Crippen LogP contribution is 2.35. The number of anilines is 3. The third-order valence-corrected chi connectivity index (χ3v) is 8.49. The van der Waals surface area contributed by atoms with Crippen LogP contribution in [0.3, 0.4) is 0 Å². The SMILES string of the molecule is S=C(NCC1(c2cccc(Cl)c2)CCOCC1)Nc1nc(N2CCCCCC2)cc(N2CCCCC2)n1. The molecule has 4 heterocycles. The van der Waals surface area contributed by atoms with E-state index in [0.717, 1.165) is 68.9 Å². The van der Waals surface area contributed by atoms with E-state index in [4.69, 9.17) is 38.5 Å². The van der Waals surface area contributed by atoms with Gasteiger partial charge in [-0.3, -0.25) is 0 Å². The van der Waals surface area contributed by atoms with Gasteiger partial charge in [-0.25, -0.2) is 0 Å². The summed E-state index contributed by atoms with van der Waals surface area (Å²) in [6, 6.07) is 10.4. The van der Waals surface area contributed by atoms with E-state index in [0.29, 0.717) is 17.6 Å². The number of thiocarbonyl (C=S) groups is 1. The summed E-state index contributed by atoms with van der Waals surface area (Å²) in [6.07, 6.45) is 10.5. The Morgan fingerprint density at radius 3 is 2.08 bits per heavy atom. The number of hydrogen-bond acceptors (Lipinski definition) is 6. The molecule has 0 aliphatic carbocycles. The molecule has 3 aliphatic rings. The van der Waals surface area contributed by atoms with Gasteiger partial charge in [-0.2, -0.15) is 9.97 Å². The Morgan fingerprint density at radius 1 is 0.892 bits per heavy atom. The first-order valence-electron chi connectivity index (χ1n) is 13.9. The zero-order valence-corrected chi connectivity index (χ0v) is 23.3. The van der Waals surface area contributed by atoms with Crippen molar-refractivity contribution in [2.75, 3.05) is 61.1 Å². The first-order chi connectivity index (χ1) is 18.1. The summed E-state index contributed by atoms with van der Waals surface area (Å²) in [4.78, 5) is 14.6. The zero-order valence-electron chi connectivity index (χ0n) is 21.7. The molecule has 0 bridgehead atoms. The van der Waals surface area contributed by atoms with E-state index in [-0.39, 0.29) is 5.41 Å². The second kappa shape index (κ2) is 12.6. The fourth-order valence-corrected chi connectivity index (χ4v) is 6.12. The van der Waals surface area contributed by atoms with Crippen molar-refractivity contribution in [2.45, 2.75) is 63.2 Å². The van der Waals surface area contributed by atoms with Crippen molar-refractivity contribution >= 4 is 46.5 Å². The minimum Gasteiger partial charge on any atom is -0.381 e. The molecule has 0 atom stereocenters. The average molecular weight is 543 g/mol. The Morgan fingerprint density at radius 2 is 1.49 bits per heavy atom.